The van der Waals surface area contributed by atoms with Gasteiger partial charge in [0.25, 0.3) is 5.91 Å². The number of hydrogen-bond donors (Lipinski definition) is 0. The van der Waals surface area contributed by atoms with E-state index < -0.39 is 0 Å². The van der Waals surface area contributed by atoms with Gasteiger partial charge >= 0.3 is 0 Å². The maximum absolute atomic E-state index is 13.2. The van der Waals surface area contributed by atoms with Gasteiger partial charge in [-0.15, -0.1) is 0 Å². The molecule has 2 aliphatic rings. The Hall–Kier alpha value is -2.53. The molecule has 2 aliphatic heterocycles. The van der Waals surface area contributed by atoms with Gasteiger partial charge in [0.1, 0.15) is 5.82 Å². The van der Waals surface area contributed by atoms with E-state index in [2.05, 4.69) is 4.90 Å². The number of rotatable bonds is 4. The van der Waals surface area contributed by atoms with Crippen LogP contribution in [0.4, 0.5) is 10.1 Å². The Morgan fingerprint density at radius 3 is 2.32 bits per heavy atom. The molecule has 4 nitrogen and oxygen atoms in total. The number of halogens is 1. The summed E-state index contributed by atoms with van der Waals surface area (Å²) in [5, 5.41) is 0. The fourth-order valence-electron chi connectivity index (χ4n) is 4.14. The highest BCUT2D eigenvalue weighted by Gasteiger charge is 2.25. The zero-order valence-electron chi connectivity index (χ0n) is 16.0. The summed E-state index contributed by atoms with van der Waals surface area (Å²) in [6.07, 6.45) is 5.29. The van der Waals surface area contributed by atoms with Crippen LogP contribution < -0.4 is 4.90 Å². The number of carbonyl (C=O) groups is 2. The van der Waals surface area contributed by atoms with E-state index in [0.29, 0.717) is 18.7 Å². The molecular formula is C23H25FN2O2. The van der Waals surface area contributed by atoms with Crippen molar-refractivity contribution in [3.05, 3.63) is 65.0 Å². The lowest BCUT2D eigenvalue weighted by molar-refractivity contribution is 0.0915. The molecule has 0 atom stereocenters. The van der Waals surface area contributed by atoms with Crippen LogP contribution in [-0.4, -0.2) is 42.8 Å². The standard InChI is InChI=1S/C23H25FN2O2/c24-20-9-6-17(7-10-20)23(28)26-14-4-5-18-15-19(8-11-21(18)26)22(27)16-25-12-2-1-3-13-25/h6-11,15H,1-5,12-14,16H2. The summed E-state index contributed by atoms with van der Waals surface area (Å²) >= 11 is 0. The smallest absolute Gasteiger partial charge is 0.258 e. The van der Waals surface area contributed by atoms with Crippen LogP contribution in [0.3, 0.4) is 0 Å². The predicted octanol–water partition coefficient (Wildman–Crippen LogP) is 4.09. The van der Waals surface area contributed by atoms with Crippen LogP contribution >= 0.6 is 0 Å². The van der Waals surface area contributed by atoms with Crippen LogP contribution in [0.25, 0.3) is 0 Å². The van der Waals surface area contributed by atoms with Gasteiger partial charge in [0.2, 0.25) is 0 Å². The van der Waals surface area contributed by atoms with E-state index in [1.807, 2.05) is 18.2 Å². The quantitative estimate of drug-likeness (QED) is 0.750. The first-order valence-corrected chi connectivity index (χ1v) is 10.1. The zero-order chi connectivity index (χ0) is 19.5. The van der Waals surface area contributed by atoms with E-state index in [0.717, 1.165) is 55.6 Å². The Morgan fingerprint density at radius 1 is 0.857 bits per heavy atom. The Labute approximate surface area is 164 Å². The topological polar surface area (TPSA) is 40.6 Å². The molecule has 0 spiro atoms. The molecule has 2 heterocycles. The van der Waals surface area contributed by atoms with Gasteiger partial charge in [-0.2, -0.15) is 0 Å². The lowest BCUT2D eigenvalue weighted by atomic mass is 9.96. The Morgan fingerprint density at radius 2 is 1.57 bits per heavy atom. The van der Waals surface area contributed by atoms with Gasteiger partial charge < -0.3 is 4.90 Å². The van der Waals surface area contributed by atoms with Crippen molar-refractivity contribution in [3.63, 3.8) is 0 Å². The second-order valence-corrected chi connectivity index (χ2v) is 7.67. The van der Waals surface area contributed by atoms with Crippen molar-refractivity contribution < 1.29 is 14.0 Å². The van der Waals surface area contributed by atoms with Crippen LogP contribution in [-0.2, 0) is 6.42 Å². The van der Waals surface area contributed by atoms with Gasteiger partial charge in [-0.1, -0.05) is 6.42 Å². The number of amides is 1. The minimum Gasteiger partial charge on any atom is -0.308 e. The lowest BCUT2D eigenvalue weighted by Gasteiger charge is -2.30. The monoisotopic (exact) mass is 380 g/mol. The number of Topliss-reactive ketones (excluding diaryl/α,β-unsaturated/α-hetero) is 1. The average Bonchev–Trinajstić information content (AvgIpc) is 2.73. The summed E-state index contributed by atoms with van der Waals surface area (Å²) in [4.78, 5) is 29.6. The first-order chi connectivity index (χ1) is 13.6. The molecule has 0 radical (unpaired) electrons. The highest BCUT2D eigenvalue weighted by molar-refractivity contribution is 6.07. The molecule has 0 N–H and O–H groups in total. The van der Waals surface area contributed by atoms with Crippen LogP contribution in [0.2, 0.25) is 0 Å². The largest absolute Gasteiger partial charge is 0.308 e. The Balaban J connectivity index is 1.52. The van der Waals surface area contributed by atoms with E-state index in [9.17, 15) is 14.0 Å². The number of carbonyl (C=O) groups excluding carboxylic acids is 2. The second kappa shape index (κ2) is 8.23. The number of hydrogen-bond acceptors (Lipinski definition) is 3. The van der Waals surface area contributed by atoms with E-state index in [-0.39, 0.29) is 17.5 Å². The maximum Gasteiger partial charge on any atom is 0.258 e. The number of benzene rings is 2. The van der Waals surface area contributed by atoms with Crippen molar-refractivity contribution in [1.82, 2.24) is 4.90 Å². The number of ketones is 1. The fourth-order valence-corrected chi connectivity index (χ4v) is 4.14. The van der Waals surface area contributed by atoms with Gasteiger partial charge in [0, 0.05) is 23.4 Å². The molecule has 2 aromatic carbocycles. The van der Waals surface area contributed by atoms with Crippen molar-refractivity contribution >= 4 is 17.4 Å². The summed E-state index contributed by atoms with van der Waals surface area (Å²) in [6, 6.07) is 11.3. The molecule has 1 saturated heterocycles. The predicted molar refractivity (Wildman–Crippen MR) is 107 cm³/mol. The molecule has 0 aromatic heterocycles. The minimum absolute atomic E-state index is 0.131. The number of anilines is 1. The molecule has 0 bridgehead atoms. The summed E-state index contributed by atoms with van der Waals surface area (Å²) in [7, 11) is 0. The highest BCUT2D eigenvalue weighted by Crippen LogP contribution is 2.30. The first kappa shape index (κ1) is 18.8. The lowest BCUT2D eigenvalue weighted by Crippen LogP contribution is -2.36. The number of fused-ring (bicyclic) bond motifs is 1. The van der Waals surface area contributed by atoms with Crippen molar-refractivity contribution in [1.29, 1.82) is 0 Å². The van der Waals surface area contributed by atoms with Gasteiger partial charge in [0.05, 0.1) is 6.54 Å². The third-order valence-electron chi connectivity index (χ3n) is 5.67. The summed E-state index contributed by atoms with van der Waals surface area (Å²) in [6.45, 7) is 3.09. The van der Waals surface area contributed by atoms with Crippen LogP contribution in [0.1, 0.15) is 52.0 Å². The van der Waals surface area contributed by atoms with Gasteiger partial charge in [0.15, 0.2) is 5.78 Å². The van der Waals surface area contributed by atoms with E-state index >= 15 is 0 Å². The van der Waals surface area contributed by atoms with Gasteiger partial charge in [-0.05, 0) is 86.8 Å². The average molecular weight is 380 g/mol. The second-order valence-electron chi connectivity index (χ2n) is 7.67. The van der Waals surface area contributed by atoms with E-state index in [1.165, 1.54) is 30.7 Å². The molecule has 2 aromatic rings. The third kappa shape index (κ3) is 3.99. The zero-order valence-corrected chi connectivity index (χ0v) is 16.0. The van der Waals surface area contributed by atoms with Crippen molar-refractivity contribution in [2.24, 2.45) is 0 Å². The van der Waals surface area contributed by atoms with Gasteiger partial charge in [-0.25, -0.2) is 4.39 Å². The number of nitrogens with zero attached hydrogens (tertiary/aromatic N) is 2. The molecule has 0 unspecified atom stereocenters. The third-order valence-corrected chi connectivity index (χ3v) is 5.67. The molecular weight excluding hydrogens is 355 g/mol. The molecule has 1 fully saturated rings. The molecule has 0 aliphatic carbocycles. The van der Waals surface area contributed by atoms with Gasteiger partial charge in [-0.3, -0.25) is 14.5 Å². The van der Waals surface area contributed by atoms with Crippen LogP contribution in [0.15, 0.2) is 42.5 Å². The fraction of sp³-hybridized carbons (Fsp3) is 0.391. The van der Waals surface area contributed by atoms with E-state index in [4.69, 9.17) is 0 Å². The Bertz CT molecular complexity index is 873. The molecule has 146 valence electrons. The SMILES string of the molecule is O=C(CN1CCCCC1)c1ccc2c(c1)CCCN2C(=O)c1ccc(F)cc1. The van der Waals surface area contributed by atoms with Crippen LogP contribution in [0.5, 0.6) is 0 Å². The summed E-state index contributed by atoms with van der Waals surface area (Å²) in [5.74, 6) is -0.340. The summed E-state index contributed by atoms with van der Waals surface area (Å²) in [5.41, 5.74) is 3.08. The maximum atomic E-state index is 13.2. The normalized spacial score (nSPS) is 17.2. The molecule has 28 heavy (non-hydrogen) atoms. The number of piperidine rings is 1. The molecule has 0 saturated carbocycles. The van der Waals surface area contributed by atoms with Crippen LogP contribution in [0, 0.1) is 5.82 Å². The van der Waals surface area contributed by atoms with Crippen molar-refractivity contribution in [2.75, 3.05) is 31.1 Å². The summed E-state index contributed by atoms with van der Waals surface area (Å²) < 4.78 is 13.2. The molecule has 1 amide bonds. The minimum atomic E-state index is -0.354. The Kier molecular flexibility index (Phi) is 5.53. The van der Waals surface area contributed by atoms with Crippen molar-refractivity contribution in [3.8, 4) is 0 Å². The first-order valence-electron chi connectivity index (χ1n) is 10.1. The number of aryl methyl sites for hydroxylation is 1. The van der Waals surface area contributed by atoms with Crippen molar-refractivity contribution in [2.45, 2.75) is 32.1 Å². The highest BCUT2D eigenvalue weighted by atomic mass is 19.1. The molecule has 4 rings (SSSR count). The molecule has 5 heteroatoms. The van der Waals surface area contributed by atoms with E-state index in [1.54, 1.807) is 4.90 Å². The number of likely N-dealkylation sites (tertiary alicyclic amines) is 1.